The van der Waals surface area contributed by atoms with Crippen molar-refractivity contribution in [1.29, 1.82) is 0 Å². The number of benzene rings is 1. The van der Waals surface area contributed by atoms with Crippen molar-refractivity contribution >= 4 is 17.7 Å². The Hall–Kier alpha value is -1.04. The van der Waals surface area contributed by atoms with Crippen molar-refractivity contribution in [3.8, 4) is 0 Å². The van der Waals surface area contributed by atoms with Gasteiger partial charge in [-0.1, -0.05) is 12.1 Å². The molecule has 1 aliphatic rings. The van der Waals surface area contributed by atoms with Crippen molar-refractivity contribution in [3.05, 3.63) is 35.4 Å². The van der Waals surface area contributed by atoms with Crippen LogP contribution in [0.4, 0.5) is 0 Å². The molecule has 0 aromatic heterocycles. The third-order valence-electron chi connectivity index (χ3n) is 4.56. The van der Waals surface area contributed by atoms with Gasteiger partial charge in [0.15, 0.2) is 0 Å². The number of carbonyl (C=O) groups excluding carboxylic acids is 1. The van der Waals surface area contributed by atoms with Gasteiger partial charge in [-0.05, 0) is 74.7 Å². The Balaban J connectivity index is 1.97. The average molecular weight is 352 g/mol. The molecule has 4 nitrogen and oxygen atoms in total. The smallest absolute Gasteiger partial charge is 0.251 e. The second kappa shape index (κ2) is 8.88. The standard InChI is InChI=1S/C19H29NO3S/c1-19(2,23)9-6-14-4-3-5-16(12-14)18(22)20-17(13-21)15-7-10-24-11-8-15/h3-5,12,15,17,21,23H,6-11,13H2,1-2H3,(H,20,22). The van der Waals surface area contributed by atoms with E-state index in [4.69, 9.17) is 0 Å². The molecule has 1 atom stereocenters. The van der Waals surface area contributed by atoms with Gasteiger partial charge in [0.1, 0.15) is 0 Å². The molecule has 3 N–H and O–H groups in total. The van der Waals surface area contributed by atoms with E-state index in [0.717, 1.165) is 36.3 Å². The molecule has 1 amide bonds. The van der Waals surface area contributed by atoms with Crippen molar-refractivity contribution in [3.63, 3.8) is 0 Å². The number of aliphatic hydroxyl groups is 2. The highest BCUT2D eigenvalue weighted by Crippen LogP contribution is 2.25. The number of carbonyl (C=O) groups is 1. The lowest BCUT2D eigenvalue weighted by molar-refractivity contribution is 0.0714. The molecule has 0 spiro atoms. The molecule has 134 valence electrons. The van der Waals surface area contributed by atoms with Gasteiger partial charge in [0.2, 0.25) is 0 Å². The lowest BCUT2D eigenvalue weighted by atomic mass is 9.93. The lowest BCUT2D eigenvalue weighted by Crippen LogP contribution is -2.44. The minimum Gasteiger partial charge on any atom is -0.394 e. The van der Waals surface area contributed by atoms with Gasteiger partial charge in [-0.2, -0.15) is 11.8 Å². The summed E-state index contributed by atoms with van der Waals surface area (Å²) < 4.78 is 0. The third-order valence-corrected chi connectivity index (χ3v) is 5.61. The number of aryl methyl sites for hydroxylation is 1. The summed E-state index contributed by atoms with van der Waals surface area (Å²) in [6.45, 7) is 3.56. The molecule has 1 fully saturated rings. The summed E-state index contributed by atoms with van der Waals surface area (Å²) in [7, 11) is 0. The second-order valence-electron chi connectivity index (χ2n) is 7.23. The van der Waals surface area contributed by atoms with Gasteiger partial charge in [-0.15, -0.1) is 0 Å². The first-order chi connectivity index (χ1) is 11.4. The number of hydrogen-bond donors (Lipinski definition) is 3. The Bertz CT molecular complexity index is 536. The van der Waals surface area contributed by atoms with Crippen LogP contribution in [-0.4, -0.2) is 45.9 Å². The fourth-order valence-electron chi connectivity index (χ4n) is 3.00. The molecule has 0 radical (unpaired) electrons. The van der Waals surface area contributed by atoms with E-state index in [1.54, 1.807) is 19.9 Å². The molecule has 1 aliphatic heterocycles. The molecule has 1 heterocycles. The average Bonchev–Trinajstić information content (AvgIpc) is 2.58. The highest BCUT2D eigenvalue weighted by atomic mass is 32.2. The SMILES string of the molecule is CC(C)(O)CCc1cccc(C(=O)NC(CO)C2CCSCC2)c1. The number of nitrogens with one attached hydrogen (secondary N) is 1. The number of thioether (sulfide) groups is 1. The zero-order chi connectivity index (χ0) is 17.6. The van der Waals surface area contributed by atoms with Crippen molar-refractivity contribution in [2.45, 2.75) is 51.2 Å². The fourth-order valence-corrected chi connectivity index (χ4v) is 4.14. The first kappa shape index (κ1) is 19.3. The molecule has 24 heavy (non-hydrogen) atoms. The molecule has 2 rings (SSSR count). The number of amides is 1. The lowest BCUT2D eigenvalue weighted by Gasteiger charge is -2.29. The highest BCUT2D eigenvalue weighted by Gasteiger charge is 2.25. The number of rotatable bonds is 7. The summed E-state index contributed by atoms with van der Waals surface area (Å²) in [6, 6.07) is 7.36. The Labute approximate surface area is 149 Å². The molecule has 1 aromatic carbocycles. The van der Waals surface area contributed by atoms with Crippen molar-refractivity contribution in [2.24, 2.45) is 5.92 Å². The molecule has 5 heteroatoms. The van der Waals surface area contributed by atoms with Crippen LogP contribution in [0.5, 0.6) is 0 Å². The van der Waals surface area contributed by atoms with Crippen LogP contribution in [-0.2, 0) is 6.42 Å². The van der Waals surface area contributed by atoms with Crippen LogP contribution >= 0.6 is 11.8 Å². The largest absolute Gasteiger partial charge is 0.394 e. The summed E-state index contributed by atoms with van der Waals surface area (Å²) in [6.07, 6.45) is 3.47. The number of hydrogen-bond acceptors (Lipinski definition) is 4. The van der Waals surface area contributed by atoms with Crippen molar-refractivity contribution < 1.29 is 15.0 Å². The van der Waals surface area contributed by atoms with Crippen LogP contribution < -0.4 is 5.32 Å². The maximum atomic E-state index is 12.5. The van der Waals surface area contributed by atoms with E-state index in [1.807, 2.05) is 30.0 Å². The van der Waals surface area contributed by atoms with Crippen LogP contribution in [0.15, 0.2) is 24.3 Å². The predicted octanol–water partition coefficient (Wildman–Crippen LogP) is 2.62. The van der Waals surface area contributed by atoms with Gasteiger partial charge < -0.3 is 15.5 Å². The summed E-state index contributed by atoms with van der Waals surface area (Å²) in [4.78, 5) is 12.5. The van der Waals surface area contributed by atoms with E-state index in [0.29, 0.717) is 17.9 Å². The van der Waals surface area contributed by atoms with Gasteiger partial charge in [0.05, 0.1) is 18.2 Å². The van der Waals surface area contributed by atoms with Gasteiger partial charge in [-0.25, -0.2) is 0 Å². The van der Waals surface area contributed by atoms with Gasteiger partial charge in [0.25, 0.3) is 5.91 Å². The quantitative estimate of drug-likeness (QED) is 0.706. The normalized spacial score (nSPS) is 17.5. The van der Waals surface area contributed by atoms with Crippen LogP contribution in [0.1, 0.15) is 49.0 Å². The fraction of sp³-hybridized carbons (Fsp3) is 0.632. The Kier molecular flexibility index (Phi) is 7.14. The minimum absolute atomic E-state index is 0.0144. The van der Waals surface area contributed by atoms with E-state index in [2.05, 4.69) is 5.32 Å². The molecule has 1 aromatic rings. The minimum atomic E-state index is -0.709. The van der Waals surface area contributed by atoms with Crippen LogP contribution in [0, 0.1) is 5.92 Å². The maximum absolute atomic E-state index is 12.5. The van der Waals surface area contributed by atoms with E-state index in [1.165, 1.54) is 0 Å². The van der Waals surface area contributed by atoms with Crippen LogP contribution in [0.3, 0.4) is 0 Å². The summed E-state index contributed by atoms with van der Waals surface area (Å²) in [5.74, 6) is 2.43. The third kappa shape index (κ3) is 6.11. The van der Waals surface area contributed by atoms with Crippen molar-refractivity contribution in [1.82, 2.24) is 5.32 Å². The molecular weight excluding hydrogens is 322 g/mol. The first-order valence-electron chi connectivity index (χ1n) is 8.70. The van der Waals surface area contributed by atoms with Crippen molar-refractivity contribution in [2.75, 3.05) is 18.1 Å². The molecule has 0 bridgehead atoms. The van der Waals surface area contributed by atoms with E-state index < -0.39 is 5.60 Å². The summed E-state index contributed by atoms with van der Waals surface area (Å²) in [5.41, 5.74) is 0.949. The topological polar surface area (TPSA) is 69.6 Å². The number of aliphatic hydroxyl groups excluding tert-OH is 1. The van der Waals surface area contributed by atoms with Crippen LogP contribution in [0.25, 0.3) is 0 Å². The zero-order valence-corrected chi connectivity index (χ0v) is 15.4. The molecule has 0 saturated carbocycles. The van der Waals surface area contributed by atoms with E-state index in [-0.39, 0.29) is 18.6 Å². The van der Waals surface area contributed by atoms with E-state index in [9.17, 15) is 15.0 Å². The first-order valence-corrected chi connectivity index (χ1v) is 9.85. The summed E-state index contributed by atoms with van der Waals surface area (Å²) >= 11 is 1.94. The molecular formula is C19H29NO3S. The Morgan fingerprint density at radius 2 is 2.08 bits per heavy atom. The maximum Gasteiger partial charge on any atom is 0.251 e. The molecule has 1 unspecified atom stereocenters. The zero-order valence-electron chi connectivity index (χ0n) is 14.6. The highest BCUT2D eigenvalue weighted by molar-refractivity contribution is 7.99. The van der Waals surface area contributed by atoms with Gasteiger partial charge in [-0.3, -0.25) is 4.79 Å². The second-order valence-corrected chi connectivity index (χ2v) is 8.45. The summed E-state index contributed by atoms with van der Waals surface area (Å²) in [5, 5.41) is 22.5. The van der Waals surface area contributed by atoms with E-state index >= 15 is 0 Å². The monoisotopic (exact) mass is 351 g/mol. The molecule has 1 saturated heterocycles. The molecule has 0 aliphatic carbocycles. The van der Waals surface area contributed by atoms with Gasteiger partial charge in [0, 0.05) is 5.56 Å². The Morgan fingerprint density at radius 1 is 1.38 bits per heavy atom. The van der Waals surface area contributed by atoms with Crippen LogP contribution in [0.2, 0.25) is 0 Å². The predicted molar refractivity (Wildman–Crippen MR) is 99.4 cm³/mol. The van der Waals surface area contributed by atoms with Gasteiger partial charge >= 0.3 is 0 Å². The Morgan fingerprint density at radius 3 is 2.71 bits per heavy atom.